The van der Waals surface area contributed by atoms with E-state index in [4.69, 9.17) is 4.98 Å². The SMILES string of the molecule is Cc1cc([C@@H](C)Nc2ccccc2C(=O)O)c2nc(N[C@H](C)C3CC3)c(C#N)c(=O)n2c1. The van der Waals surface area contributed by atoms with Gasteiger partial charge in [-0.3, -0.25) is 9.20 Å². The van der Waals surface area contributed by atoms with Crippen molar-refractivity contribution >= 4 is 23.1 Å². The van der Waals surface area contributed by atoms with Crippen LogP contribution in [0.4, 0.5) is 11.5 Å². The number of aromatic carboxylic acids is 1. The van der Waals surface area contributed by atoms with Crippen LogP contribution >= 0.6 is 0 Å². The van der Waals surface area contributed by atoms with Gasteiger partial charge in [0.1, 0.15) is 11.7 Å². The van der Waals surface area contributed by atoms with E-state index in [2.05, 4.69) is 10.6 Å². The van der Waals surface area contributed by atoms with E-state index in [1.54, 1.807) is 24.4 Å². The zero-order chi connectivity index (χ0) is 23.0. The number of aromatic nitrogens is 2. The maximum atomic E-state index is 13.1. The van der Waals surface area contributed by atoms with Crippen LogP contribution in [0.25, 0.3) is 5.65 Å². The molecule has 2 heterocycles. The van der Waals surface area contributed by atoms with Crippen LogP contribution in [-0.4, -0.2) is 26.5 Å². The molecule has 1 saturated carbocycles. The van der Waals surface area contributed by atoms with Crippen molar-refractivity contribution in [2.75, 3.05) is 10.6 Å². The van der Waals surface area contributed by atoms with Crippen molar-refractivity contribution in [1.29, 1.82) is 5.26 Å². The first kappa shape index (κ1) is 21.4. The van der Waals surface area contributed by atoms with Crippen molar-refractivity contribution in [2.45, 2.75) is 45.7 Å². The summed E-state index contributed by atoms with van der Waals surface area (Å²) in [7, 11) is 0. The Kier molecular flexibility index (Phi) is 5.57. The first-order valence-corrected chi connectivity index (χ1v) is 10.6. The average molecular weight is 431 g/mol. The molecule has 164 valence electrons. The highest BCUT2D eigenvalue weighted by molar-refractivity contribution is 5.94. The lowest BCUT2D eigenvalue weighted by Crippen LogP contribution is -2.26. The van der Waals surface area contributed by atoms with Gasteiger partial charge in [0.25, 0.3) is 5.56 Å². The molecule has 0 amide bonds. The summed E-state index contributed by atoms with van der Waals surface area (Å²) in [4.78, 5) is 29.4. The summed E-state index contributed by atoms with van der Waals surface area (Å²) in [6.45, 7) is 5.78. The largest absolute Gasteiger partial charge is 0.478 e. The smallest absolute Gasteiger partial charge is 0.337 e. The van der Waals surface area contributed by atoms with Crippen molar-refractivity contribution in [2.24, 2.45) is 5.92 Å². The topological polar surface area (TPSA) is 120 Å². The van der Waals surface area contributed by atoms with Gasteiger partial charge in [-0.1, -0.05) is 12.1 Å². The van der Waals surface area contributed by atoms with E-state index >= 15 is 0 Å². The number of hydrogen-bond donors (Lipinski definition) is 3. The maximum Gasteiger partial charge on any atom is 0.337 e. The van der Waals surface area contributed by atoms with Gasteiger partial charge in [0, 0.05) is 23.5 Å². The van der Waals surface area contributed by atoms with E-state index < -0.39 is 11.5 Å². The Hall–Kier alpha value is -3.86. The Morgan fingerprint density at radius 1 is 1.28 bits per heavy atom. The molecule has 1 fully saturated rings. The van der Waals surface area contributed by atoms with Crippen LogP contribution in [0.3, 0.4) is 0 Å². The lowest BCUT2D eigenvalue weighted by molar-refractivity contribution is 0.0698. The number of hydrogen-bond acceptors (Lipinski definition) is 6. The molecule has 1 aliphatic carbocycles. The van der Waals surface area contributed by atoms with Crippen molar-refractivity contribution in [3.05, 3.63) is 69.1 Å². The molecular formula is C24H25N5O3. The maximum absolute atomic E-state index is 13.1. The van der Waals surface area contributed by atoms with Crippen molar-refractivity contribution in [1.82, 2.24) is 9.38 Å². The molecule has 2 aromatic heterocycles. The van der Waals surface area contributed by atoms with Crippen LogP contribution in [0.2, 0.25) is 0 Å². The normalized spacial score (nSPS) is 15.1. The fourth-order valence-electron chi connectivity index (χ4n) is 3.97. The lowest BCUT2D eigenvalue weighted by Gasteiger charge is -2.21. The number of anilines is 2. The molecule has 8 heteroatoms. The molecule has 0 spiro atoms. The van der Waals surface area contributed by atoms with Gasteiger partial charge in [0.15, 0.2) is 11.4 Å². The quantitative estimate of drug-likeness (QED) is 0.518. The molecule has 2 atom stereocenters. The second-order valence-corrected chi connectivity index (χ2v) is 8.41. The molecule has 0 bridgehead atoms. The minimum absolute atomic E-state index is 0.0108. The van der Waals surface area contributed by atoms with Gasteiger partial charge in [0.2, 0.25) is 0 Å². The van der Waals surface area contributed by atoms with Crippen LogP contribution in [0.5, 0.6) is 0 Å². The fourth-order valence-corrected chi connectivity index (χ4v) is 3.97. The molecule has 32 heavy (non-hydrogen) atoms. The number of carboxylic acids is 1. The molecule has 0 aliphatic heterocycles. The molecular weight excluding hydrogens is 406 g/mol. The zero-order valence-corrected chi connectivity index (χ0v) is 18.2. The second kappa shape index (κ2) is 8.35. The zero-order valence-electron chi connectivity index (χ0n) is 18.2. The van der Waals surface area contributed by atoms with Gasteiger partial charge in [0.05, 0.1) is 11.6 Å². The van der Waals surface area contributed by atoms with Crippen molar-refractivity contribution in [3.63, 3.8) is 0 Å². The van der Waals surface area contributed by atoms with Crippen LogP contribution in [0.15, 0.2) is 41.3 Å². The third kappa shape index (κ3) is 4.02. The second-order valence-electron chi connectivity index (χ2n) is 8.41. The predicted octanol–water partition coefficient (Wildman–Crippen LogP) is 3.96. The van der Waals surface area contributed by atoms with Crippen LogP contribution in [0.1, 0.15) is 59.8 Å². The van der Waals surface area contributed by atoms with Crippen LogP contribution in [-0.2, 0) is 0 Å². The average Bonchev–Trinajstić information content (AvgIpc) is 3.60. The minimum Gasteiger partial charge on any atom is -0.478 e. The van der Waals surface area contributed by atoms with E-state index in [0.29, 0.717) is 23.1 Å². The number of rotatable bonds is 7. The minimum atomic E-state index is -1.03. The number of carboxylic acid groups (broad SMARTS) is 1. The highest BCUT2D eigenvalue weighted by atomic mass is 16.4. The highest BCUT2D eigenvalue weighted by Crippen LogP contribution is 2.34. The lowest BCUT2D eigenvalue weighted by atomic mass is 10.1. The third-order valence-electron chi connectivity index (χ3n) is 5.89. The molecule has 1 aromatic carbocycles. The Labute approximate surface area is 185 Å². The fraction of sp³-hybridized carbons (Fsp3) is 0.333. The summed E-state index contributed by atoms with van der Waals surface area (Å²) in [5.41, 5.74) is 2.19. The van der Waals surface area contributed by atoms with Gasteiger partial charge in [-0.15, -0.1) is 0 Å². The van der Waals surface area contributed by atoms with Crippen molar-refractivity contribution < 1.29 is 9.90 Å². The Morgan fingerprint density at radius 2 is 2.00 bits per heavy atom. The molecule has 4 rings (SSSR count). The van der Waals surface area contributed by atoms with Gasteiger partial charge in [-0.25, -0.2) is 9.78 Å². The summed E-state index contributed by atoms with van der Waals surface area (Å²) in [5.74, 6) is -0.213. The monoisotopic (exact) mass is 431 g/mol. The molecule has 3 N–H and O–H groups in total. The summed E-state index contributed by atoms with van der Waals surface area (Å²) in [6, 6.07) is 10.4. The molecule has 1 aliphatic rings. The number of pyridine rings is 1. The number of nitriles is 1. The molecule has 0 saturated heterocycles. The standard InChI is InChI=1S/C24H25N5O3/c1-13-10-18(15(3)26-20-7-5-4-6-17(20)24(31)32)22-28-21(27-14(2)16-8-9-16)19(11-25)23(30)29(22)12-13/h4-7,10,12,14-16,26-27H,8-9H2,1-3H3,(H,31,32)/t14-,15-/m1/s1. The Balaban J connectivity index is 1.82. The van der Waals surface area contributed by atoms with Crippen LogP contribution in [0, 0.1) is 24.2 Å². The summed E-state index contributed by atoms with van der Waals surface area (Å²) >= 11 is 0. The van der Waals surface area contributed by atoms with Gasteiger partial charge >= 0.3 is 5.97 Å². The number of aryl methyl sites for hydroxylation is 1. The number of nitrogens with zero attached hydrogens (tertiary/aromatic N) is 3. The number of benzene rings is 1. The third-order valence-corrected chi connectivity index (χ3v) is 5.89. The van der Waals surface area contributed by atoms with Crippen molar-refractivity contribution in [3.8, 4) is 6.07 Å². The summed E-state index contributed by atoms with van der Waals surface area (Å²) in [6.07, 6.45) is 3.91. The first-order valence-electron chi connectivity index (χ1n) is 10.6. The molecule has 0 radical (unpaired) electrons. The van der Waals surface area contributed by atoms with E-state index in [-0.39, 0.29) is 23.2 Å². The number of carbonyl (C=O) groups is 1. The molecule has 0 unspecified atom stereocenters. The van der Waals surface area contributed by atoms with Crippen LogP contribution < -0.4 is 16.2 Å². The predicted molar refractivity (Wildman–Crippen MR) is 122 cm³/mol. The number of fused-ring (bicyclic) bond motifs is 1. The summed E-state index contributed by atoms with van der Waals surface area (Å²) < 4.78 is 1.40. The molecule has 8 nitrogen and oxygen atoms in total. The first-order chi connectivity index (χ1) is 15.3. The van der Waals surface area contributed by atoms with Gasteiger partial charge in [-0.05, 0) is 63.3 Å². The van der Waals surface area contributed by atoms with E-state index in [1.807, 2.05) is 32.9 Å². The number of para-hydroxylation sites is 1. The molecule has 3 aromatic rings. The van der Waals surface area contributed by atoms with E-state index in [9.17, 15) is 20.0 Å². The van der Waals surface area contributed by atoms with E-state index in [0.717, 1.165) is 24.0 Å². The Bertz CT molecular complexity index is 1300. The Morgan fingerprint density at radius 3 is 2.66 bits per heavy atom. The number of nitrogens with one attached hydrogen (secondary N) is 2. The van der Waals surface area contributed by atoms with Gasteiger partial charge in [-0.2, -0.15) is 5.26 Å². The van der Waals surface area contributed by atoms with E-state index in [1.165, 1.54) is 10.5 Å². The summed E-state index contributed by atoms with van der Waals surface area (Å²) in [5, 5.41) is 25.6. The highest BCUT2D eigenvalue weighted by Gasteiger charge is 2.29. The van der Waals surface area contributed by atoms with Gasteiger partial charge < -0.3 is 15.7 Å².